The quantitative estimate of drug-likeness (QED) is 0.806. The maximum atomic E-state index is 11.9. The predicted octanol–water partition coefficient (Wildman–Crippen LogP) is 0.250. The monoisotopic (exact) mass is 279 g/mol. The molecule has 0 aromatic heterocycles. The Morgan fingerprint density at radius 2 is 2.00 bits per heavy atom. The zero-order valence-electron chi connectivity index (χ0n) is 10.9. The number of benzene rings is 1. The smallest absolute Gasteiger partial charge is 0.326 e. The molecular formula is C14H17NO5. The molecule has 2 N–H and O–H groups in total. The summed E-state index contributed by atoms with van der Waals surface area (Å²) in [4.78, 5) is 24.1. The van der Waals surface area contributed by atoms with E-state index in [9.17, 15) is 14.7 Å². The fourth-order valence-corrected chi connectivity index (χ4v) is 2.24. The van der Waals surface area contributed by atoms with Crippen molar-refractivity contribution in [1.82, 2.24) is 4.90 Å². The number of carboxylic acid groups (broad SMARTS) is 1. The number of amides is 1. The van der Waals surface area contributed by atoms with E-state index in [2.05, 4.69) is 0 Å². The Morgan fingerprint density at radius 1 is 1.30 bits per heavy atom. The highest BCUT2D eigenvalue weighted by Gasteiger charge is 2.38. The first-order chi connectivity index (χ1) is 9.58. The number of likely N-dealkylation sites (tertiary alicyclic amines) is 1. The van der Waals surface area contributed by atoms with Crippen LogP contribution in [0, 0.1) is 0 Å². The van der Waals surface area contributed by atoms with Gasteiger partial charge >= 0.3 is 5.97 Å². The number of carboxylic acids is 1. The molecule has 1 aromatic carbocycles. The number of hydrogen-bond acceptors (Lipinski definition) is 4. The van der Waals surface area contributed by atoms with Gasteiger partial charge in [-0.2, -0.15) is 0 Å². The standard InChI is InChI=1S/C14H17NO5/c16-11-6-12(14(18)19)15(7-11)13(17)9-20-8-10-4-2-1-3-5-10/h1-5,11-12,16H,6-9H2,(H,18,19)/t11-,12-/m1/s1. The molecular weight excluding hydrogens is 262 g/mol. The van der Waals surface area contributed by atoms with Crippen LogP contribution >= 0.6 is 0 Å². The molecule has 0 radical (unpaired) electrons. The number of carbonyl (C=O) groups excluding carboxylic acids is 1. The third-order valence-electron chi connectivity index (χ3n) is 3.22. The highest BCUT2D eigenvalue weighted by molar-refractivity contribution is 5.85. The van der Waals surface area contributed by atoms with Crippen LogP contribution in [0.5, 0.6) is 0 Å². The first kappa shape index (κ1) is 14.5. The lowest BCUT2D eigenvalue weighted by molar-refractivity contribution is -0.150. The fraction of sp³-hybridized carbons (Fsp3) is 0.429. The second kappa shape index (κ2) is 6.49. The van der Waals surface area contributed by atoms with Gasteiger partial charge in [-0.05, 0) is 5.56 Å². The molecule has 1 saturated heterocycles. The number of aliphatic carboxylic acids is 1. The van der Waals surface area contributed by atoms with Crippen molar-refractivity contribution < 1.29 is 24.5 Å². The van der Waals surface area contributed by atoms with Crippen LogP contribution < -0.4 is 0 Å². The Balaban J connectivity index is 1.84. The zero-order valence-corrected chi connectivity index (χ0v) is 10.9. The third-order valence-corrected chi connectivity index (χ3v) is 3.22. The predicted molar refractivity (Wildman–Crippen MR) is 69.9 cm³/mol. The summed E-state index contributed by atoms with van der Waals surface area (Å²) >= 11 is 0. The van der Waals surface area contributed by atoms with Crippen molar-refractivity contribution in [3.63, 3.8) is 0 Å². The molecule has 2 rings (SSSR count). The molecule has 1 aliphatic heterocycles. The average Bonchev–Trinajstić information content (AvgIpc) is 2.82. The topological polar surface area (TPSA) is 87.1 Å². The first-order valence-corrected chi connectivity index (χ1v) is 6.40. The van der Waals surface area contributed by atoms with Crippen LogP contribution in [0.25, 0.3) is 0 Å². The van der Waals surface area contributed by atoms with E-state index in [4.69, 9.17) is 9.84 Å². The lowest BCUT2D eigenvalue weighted by Crippen LogP contribution is -2.42. The minimum Gasteiger partial charge on any atom is -0.480 e. The molecule has 6 nitrogen and oxygen atoms in total. The van der Waals surface area contributed by atoms with Crippen molar-refractivity contribution in [2.45, 2.75) is 25.2 Å². The summed E-state index contributed by atoms with van der Waals surface area (Å²) in [7, 11) is 0. The molecule has 1 heterocycles. The van der Waals surface area contributed by atoms with Crippen molar-refractivity contribution in [3.8, 4) is 0 Å². The number of β-amino-alcohol motifs (C(OH)–C–C–N with tert-alkyl or cyclic N) is 1. The largest absolute Gasteiger partial charge is 0.480 e. The van der Waals surface area contributed by atoms with Crippen molar-refractivity contribution >= 4 is 11.9 Å². The van der Waals surface area contributed by atoms with Gasteiger partial charge in [0.1, 0.15) is 12.6 Å². The molecule has 6 heteroatoms. The molecule has 2 atom stereocenters. The molecule has 0 aliphatic carbocycles. The van der Waals surface area contributed by atoms with Crippen molar-refractivity contribution in [2.24, 2.45) is 0 Å². The van der Waals surface area contributed by atoms with E-state index >= 15 is 0 Å². The number of hydrogen-bond donors (Lipinski definition) is 2. The molecule has 1 aromatic rings. The first-order valence-electron chi connectivity index (χ1n) is 6.40. The summed E-state index contributed by atoms with van der Waals surface area (Å²) in [6, 6.07) is 8.43. The Labute approximate surface area is 116 Å². The van der Waals surface area contributed by atoms with Gasteiger partial charge in [0.2, 0.25) is 5.91 Å². The van der Waals surface area contributed by atoms with E-state index in [1.54, 1.807) is 0 Å². The Kier molecular flexibility index (Phi) is 4.70. The van der Waals surface area contributed by atoms with Crippen LogP contribution in [0.3, 0.4) is 0 Å². The van der Waals surface area contributed by atoms with Crippen LogP contribution in [-0.4, -0.2) is 52.3 Å². The fourth-order valence-electron chi connectivity index (χ4n) is 2.24. The maximum Gasteiger partial charge on any atom is 0.326 e. The summed E-state index contributed by atoms with van der Waals surface area (Å²) in [5, 5.41) is 18.5. The van der Waals surface area contributed by atoms with Crippen molar-refractivity contribution in [3.05, 3.63) is 35.9 Å². The van der Waals surface area contributed by atoms with Crippen LogP contribution in [-0.2, 0) is 20.9 Å². The van der Waals surface area contributed by atoms with Gasteiger partial charge in [0.05, 0.1) is 12.7 Å². The number of rotatable bonds is 5. The molecule has 0 spiro atoms. The van der Waals surface area contributed by atoms with Gasteiger partial charge in [-0.1, -0.05) is 30.3 Å². The molecule has 0 bridgehead atoms. The number of aliphatic hydroxyl groups is 1. The van der Waals surface area contributed by atoms with Crippen LogP contribution in [0.4, 0.5) is 0 Å². The second-order valence-electron chi connectivity index (χ2n) is 4.77. The Hall–Kier alpha value is -1.92. The van der Waals surface area contributed by atoms with Crippen LogP contribution in [0.2, 0.25) is 0 Å². The van der Waals surface area contributed by atoms with E-state index in [1.807, 2.05) is 30.3 Å². The summed E-state index contributed by atoms with van der Waals surface area (Å²) in [5.74, 6) is -1.51. The lowest BCUT2D eigenvalue weighted by Gasteiger charge is -2.20. The number of carbonyl (C=O) groups is 2. The van der Waals surface area contributed by atoms with Gasteiger partial charge in [-0.15, -0.1) is 0 Å². The number of nitrogens with zero attached hydrogens (tertiary/aromatic N) is 1. The van der Waals surface area contributed by atoms with E-state index < -0.39 is 24.0 Å². The van der Waals surface area contributed by atoms with Crippen LogP contribution in [0.15, 0.2) is 30.3 Å². The Bertz CT molecular complexity index is 476. The molecule has 1 fully saturated rings. The molecule has 1 aliphatic rings. The van der Waals surface area contributed by atoms with Gasteiger partial charge in [-0.3, -0.25) is 4.79 Å². The van der Waals surface area contributed by atoms with E-state index in [-0.39, 0.29) is 19.6 Å². The van der Waals surface area contributed by atoms with Gasteiger partial charge < -0.3 is 19.8 Å². The van der Waals surface area contributed by atoms with E-state index in [1.165, 1.54) is 0 Å². The highest BCUT2D eigenvalue weighted by Crippen LogP contribution is 2.18. The normalized spacial score (nSPS) is 21.9. The maximum absolute atomic E-state index is 11.9. The van der Waals surface area contributed by atoms with Gasteiger partial charge in [0, 0.05) is 13.0 Å². The van der Waals surface area contributed by atoms with E-state index in [0.29, 0.717) is 6.61 Å². The second-order valence-corrected chi connectivity index (χ2v) is 4.77. The average molecular weight is 279 g/mol. The molecule has 0 saturated carbocycles. The third kappa shape index (κ3) is 3.55. The Morgan fingerprint density at radius 3 is 2.65 bits per heavy atom. The summed E-state index contributed by atoms with van der Waals surface area (Å²) < 4.78 is 5.29. The zero-order chi connectivity index (χ0) is 14.5. The van der Waals surface area contributed by atoms with Gasteiger partial charge in [0.15, 0.2) is 0 Å². The molecule has 20 heavy (non-hydrogen) atoms. The van der Waals surface area contributed by atoms with E-state index in [0.717, 1.165) is 10.5 Å². The number of ether oxygens (including phenoxy) is 1. The molecule has 1 amide bonds. The summed E-state index contributed by atoms with van der Waals surface area (Å²) in [6.45, 7) is 0.149. The molecule has 108 valence electrons. The summed E-state index contributed by atoms with van der Waals surface area (Å²) in [5.41, 5.74) is 0.941. The minimum atomic E-state index is -1.10. The number of aliphatic hydroxyl groups excluding tert-OH is 1. The van der Waals surface area contributed by atoms with Crippen molar-refractivity contribution in [1.29, 1.82) is 0 Å². The van der Waals surface area contributed by atoms with Crippen LogP contribution in [0.1, 0.15) is 12.0 Å². The highest BCUT2D eigenvalue weighted by atomic mass is 16.5. The summed E-state index contributed by atoms with van der Waals surface area (Å²) in [6.07, 6.45) is -0.714. The van der Waals surface area contributed by atoms with Gasteiger partial charge in [0.25, 0.3) is 0 Å². The lowest BCUT2D eigenvalue weighted by atomic mass is 10.2. The minimum absolute atomic E-state index is 0.0461. The van der Waals surface area contributed by atoms with Crippen molar-refractivity contribution in [2.75, 3.05) is 13.2 Å². The van der Waals surface area contributed by atoms with Gasteiger partial charge in [-0.25, -0.2) is 4.79 Å². The SMILES string of the molecule is O=C(O)[C@H]1C[C@@H](O)CN1C(=O)COCc1ccccc1. The molecule has 0 unspecified atom stereocenters.